The number of furan rings is 1. The highest BCUT2D eigenvalue weighted by atomic mass is 35.5. The number of carbonyl (C=O) groups is 1. The number of carbonyl (C=O) groups excluding carboxylic acids is 1. The van der Waals surface area contributed by atoms with Gasteiger partial charge in [0.05, 0.1) is 5.69 Å². The maximum atomic E-state index is 12.5. The number of aromatic amines is 1. The van der Waals surface area contributed by atoms with Gasteiger partial charge in [-0.1, -0.05) is 11.6 Å². The first-order valence-electron chi connectivity index (χ1n) is 7.59. The molecule has 0 radical (unpaired) electrons. The molecule has 0 unspecified atom stereocenters. The van der Waals surface area contributed by atoms with Gasteiger partial charge in [0.25, 0.3) is 5.91 Å². The Morgan fingerprint density at radius 1 is 1.19 bits per heavy atom. The van der Waals surface area contributed by atoms with Crippen LogP contribution in [-0.2, 0) is 0 Å². The third kappa shape index (κ3) is 2.56. The number of hydrogen-bond donors (Lipinski definition) is 2. The number of fused-ring (bicyclic) bond motifs is 1. The van der Waals surface area contributed by atoms with E-state index in [1.807, 2.05) is 0 Å². The van der Waals surface area contributed by atoms with Crippen LogP contribution in [0.5, 0.6) is 0 Å². The van der Waals surface area contributed by atoms with Crippen molar-refractivity contribution in [1.82, 2.24) is 19.5 Å². The van der Waals surface area contributed by atoms with Crippen LogP contribution >= 0.6 is 11.6 Å². The fourth-order valence-electron chi connectivity index (χ4n) is 2.66. The molecule has 0 aliphatic heterocycles. The number of aryl methyl sites for hydroxylation is 1. The third-order valence-electron chi connectivity index (χ3n) is 3.82. The number of nitrogens with one attached hydrogen (secondary N) is 1. The Bertz CT molecular complexity index is 1200. The number of nitrogens with zero attached hydrogens (tertiary/aromatic N) is 3. The number of primary amides is 1. The second-order valence-corrected chi connectivity index (χ2v) is 6.05. The Morgan fingerprint density at radius 3 is 2.54 bits per heavy atom. The minimum absolute atomic E-state index is 0.0936. The van der Waals surface area contributed by atoms with Crippen molar-refractivity contribution in [3.63, 3.8) is 0 Å². The number of halogens is 1. The van der Waals surface area contributed by atoms with Crippen molar-refractivity contribution < 1.29 is 9.21 Å². The molecule has 3 heterocycles. The molecule has 8 nitrogen and oxygen atoms in total. The number of benzene rings is 1. The second-order valence-electron chi connectivity index (χ2n) is 5.61. The molecule has 4 rings (SSSR count). The summed E-state index contributed by atoms with van der Waals surface area (Å²) in [5.41, 5.74) is 5.77. The first-order chi connectivity index (χ1) is 12.4. The molecule has 0 spiro atoms. The van der Waals surface area contributed by atoms with E-state index in [0.29, 0.717) is 22.2 Å². The van der Waals surface area contributed by atoms with Gasteiger partial charge in [0.1, 0.15) is 11.3 Å². The summed E-state index contributed by atoms with van der Waals surface area (Å²) in [5, 5.41) is 0.529. The molecule has 4 aromatic rings. The lowest BCUT2D eigenvalue weighted by Gasteiger charge is -2.05. The number of amides is 1. The Labute approximate surface area is 151 Å². The van der Waals surface area contributed by atoms with Crippen LogP contribution in [0.3, 0.4) is 0 Å². The van der Waals surface area contributed by atoms with E-state index in [9.17, 15) is 9.59 Å². The smallest absolute Gasteiger partial charge is 0.332 e. The molecule has 0 atom stereocenters. The molecule has 1 amide bonds. The summed E-state index contributed by atoms with van der Waals surface area (Å²) in [6.07, 6.45) is 0. The summed E-state index contributed by atoms with van der Waals surface area (Å²) in [6, 6.07) is 10.1. The molecular formula is C17H12ClN5O3. The van der Waals surface area contributed by atoms with Crippen molar-refractivity contribution in [2.24, 2.45) is 5.73 Å². The largest absolute Gasteiger partial charge is 0.458 e. The van der Waals surface area contributed by atoms with E-state index in [1.165, 1.54) is 4.57 Å². The van der Waals surface area contributed by atoms with Gasteiger partial charge in [0, 0.05) is 5.02 Å². The summed E-state index contributed by atoms with van der Waals surface area (Å²) in [4.78, 5) is 35.5. The van der Waals surface area contributed by atoms with Crippen LogP contribution in [0.15, 0.2) is 45.6 Å². The highest BCUT2D eigenvalue weighted by Gasteiger charge is 2.21. The van der Waals surface area contributed by atoms with E-state index in [2.05, 4.69) is 15.0 Å². The lowest BCUT2D eigenvalue weighted by Crippen LogP contribution is -2.15. The van der Waals surface area contributed by atoms with Crippen LogP contribution in [0.2, 0.25) is 5.02 Å². The van der Waals surface area contributed by atoms with Crippen molar-refractivity contribution in [2.45, 2.75) is 6.92 Å². The predicted octanol–water partition coefficient (Wildman–Crippen LogP) is 2.43. The van der Waals surface area contributed by atoms with Gasteiger partial charge in [-0.15, -0.1) is 0 Å². The van der Waals surface area contributed by atoms with E-state index >= 15 is 0 Å². The lowest BCUT2D eigenvalue weighted by atomic mass is 10.3. The SMILES string of the molecule is Cc1ccc(-c2nc(C(N)=O)c3[nH]c(=O)n(-c4ccc(Cl)cc4)c3n2)o1. The highest BCUT2D eigenvalue weighted by molar-refractivity contribution is 6.30. The van der Waals surface area contributed by atoms with Gasteiger partial charge in [-0.3, -0.25) is 4.79 Å². The molecule has 1 aromatic carbocycles. The zero-order valence-electron chi connectivity index (χ0n) is 13.5. The molecular weight excluding hydrogens is 358 g/mol. The van der Waals surface area contributed by atoms with Crippen molar-refractivity contribution in [3.8, 4) is 17.3 Å². The molecule has 0 bridgehead atoms. The normalized spacial score (nSPS) is 11.2. The average molecular weight is 370 g/mol. The summed E-state index contributed by atoms with van der Waals surface area (Å²) in [6.45, 7) is 1.77. The molecule has 0 saturated carbocycles. The molecule has 0 saturated heterocycles. The number of H-pyrrole nitrogens is 1. The Balaban J connectivity index is 2.06. The van der Waals surface area contributed by atoms with Gasteiger partial charge in [-0.2, -0.15) is 0 Å². The van der Waals surface area contributed by atoms with Crippen LogP contribution in [0.1, 0.15) is 16.2 Å². The van der Waals surface area contributed by atoms with Crippen molar-refractivity contribution in [1.29, 1.82) is 0 Å². The topological polar surface area (TPSA) is 120 Å². The van der Waals surface area contributed by atoms with Crippen molar-refractivity contribution in [3.05, 3.63) is 63.4 Å². The van der Waals surface area contributed by atoms with Crippen LogP contribution in [-0.4, -0.2) is 25.4 Å². The molecule has 0 fully saturated rings. The lowest BCUT2D eigenvalue weighted by molar-refractivity contribution is 0.0997. The monoisotopic (exact) mass is 369 g/mol. The number of hydrogen-bond acceptors (Lipinski definition) is 5. The minimum atomic E-state index is -0.786. The summed E-state index contributed by atoms with van der Waals surface area (Å²) in [5.74, 6) is 0.393. The van der Waals surface area contributed by atoms with Gasteiger partial charge in [0.15, 0.2) is 22.9 Å². The van der Waals surface area contributed by atoms with E-state index in [-0.39, 0.29) is 22.7 Å². The molecule has 3 aromatic heterocycles. The van der Waals surface area contributed by atoms with Crippen LogP contribution in [0.4, 0.5) is 0 Å². The molecule has 3 N–H and O–H groups in total. The average Bonchev–Trinajstić information content (AvgIpc) is 3.17. The fraction of sp³-hybridized carbons (Fsp3) is 0.0588. The van der Waals surface area contributed by atoms with E-state index in [1.54, 1.807) is 43.3 Å². The maximum absolute atomic E-state index is 12.5. The Morgan fingerprint density at radius 2 is 1.92 bits per heavy atom. The number of imidazole rings is 1. The minimum Gasteiger partial charge on any atom is -0.458 e. The predicted molar refractivity (Wildman–Crippen MR) is 95.5 cm³/mol. The molecule has 0 aliphatic carbocycles. The van der Waals surface area contributed by atoms with Crippen molar-refractivity contribution in [2.75, 3.05) is 0 Å². The van der Waals surface area contributed by atoms with E-state index < -0.39 is 11.6 Å². The Hall–Kier alpha value is -3.39. The Kier molecular flexibility index (Phi) is 3.62. The van der Waals surface area contributed by atoms with E-state index in [4.69, 9.17) is 21.8 Å². The van der Waals surface area contributed by atoms with Gasteiger partial charge in [-0.25, -0.2) is 19.3 Å². The van der Waals surface area contributed by atoms with E-state index in [0.717, 1.165) is 0 Å². The zero-order chi connectivity index (χ0) is 18.4. The molecule has 0 aliphatic rings. The summed E-state index contributed by atoms with van der Waals surface area (Å²) < 4.78 is 6.85. The first-order valence-corrected chi connectivity index (χ1v) is 7.97. The first kappa shape index (κ1) is 16.1. The van der Waals surface area contributed by atoms with Gasteiger partial charge in [0.2, 0.25) is 0 Å². The van der Waals surface area contributed by atoms with Crippen molar-refractivity contribution >= 4 is 28.7 Å². The maximum Gasteiger partial charge on any atom is 0.332 e. The summed E-state index contributed by atoms with van der Waals surface area (Å²) in [7, 11) is 0. The van der Waals surface area contributed by atoms with Crippen LogP contribution < -0.4 is 11.4 Å². The van der Waals surface area contributed by atoms with Crippen LogP contribution in [0, 0.1) is 6.92 Å². The standard InChI is InChI=1S/C17H12ClN5O3/c1-8-2-7-11(26-8)15-20-12(14(19)24)13-16(22-15)23(17(25)21-13)10-5-3-9(18)4-6-10/h2-7H,1H3,(H2,19,24)(H,21,25). The zero-order valence-corrected chi connectivity index (χ0v) is 14.2. The fourth-order valence-corrected chi connectivity index (χ4v) is 2.78. The highest BCUT2D eigenvalue weighted by Crippen LogP contribution is 2.23. The van der Waals surface area contributed by atoms with Gasteiger partial charge < -0.3 is 15.1 Å². The molecule has 26 heavy (non-hydrogen) atoms. The third-order valence-corrected chi connectivity index (χ3v) is 4.07. The number of aromatic nitrogens is 4. The van der Waals surface area contributed by atoms with Crippen LogP contribution in [0.25, 0.3) is 28.4 Å². The van der Waals surface area contributed by atoms with Gasteiger partial charge in [-0.05, 0) is 43.3 Å². The second kappa shape index (κ2) is 5.85. The number of rotatable bonds is 3. The number of nitrogens with two attached hydrogens (primary N) is 1. The molecule has 130 valence electrons. The quantitative estimate of drug-likeness (QED) is 0.574. The van der Waals surface area contributed by atoms with Gasteiger partial charge >= 0.3 is 5.69 Å². The summed E-state index contributed by atoms with van der Waals surface area (Å²) >= 11 is 5.91. The molecule has 9 heteroatoms.